The minimum absolute atomic E-state index is 0.0148. The Kier molecular flexibility index (Phi) is 8.68. The van der Waals surface area contributed by atoms with Crippen molar-refractivity contribution in [3.63, 3.8) is 0 Å². The van der Waals surface area contributed by atoms with Crippen molar-refractivity contribution >= 4 is 17.7 Å². The van der Waals surface area contributed by atoms with E-state index < -0.39 is 6.04 Å². The molecular weight excluding hydrogens is 430 g/mol. The molecule has 2 aromatic rings. The monoisotopic (exact) mass is 465 g/mol. The molecule has 1 saturated heterocycles. The molecule has 1 aliphatic rings. The number of likely N-dealkylation sites (tertiary alicyclic amines) is 1. The number of hydrogen-bond donors (Lipinski definition) is 2. The Labute approximate surface area is 201 Å². The first-order chi connectivity index (χ1) is 16.3. The van der Waals surface area contributed by atoms with Crippen LogP contribution in [0.2, 0.25) is 0 Å². The fourth-order valence-corrected chi connectivity index (χ4v) is 4.14. The summed E-state index contributed by atoms with van der Waals surface area (Å²) in [5, 5.41) is 5.99. The maximum absolute atomic E-state index is 13.1. The maximum Gasteiger partial charge on any atom is 0.253 e. The van der Waals surface area contributed by atoms with Gasteiger partial charge in [-0.2, -0.15) is 0 Å². The molecular formula is C27H35N3O4. The molecule has 182 valence electrons. The highest BCUT2D eigenvalue weighted by Gasteiger charge is 2.34. The average Bonchev–Trinajstić information content (AvgIpc) is 2.87. The van der Waals surface area contributed by atoms with Crippen LogP contribution in [0.1, 0.15) is 59.4 Å². The van der Waals surface area contributed by atoms with Crippen LogP contribution in [-0.4, -0.2) is 54.9 Å². The van der Waals surface area contributed by atoms with E-state index in [4.69, 9.17) is 4.74 Å². The second-order valence-electron chi connectivity index (χ2n) is 9.00. The second-order valence-corrected chi connectivity index (χ2v) is 9.00. The number of aryl methyl sites for hydroxylation is 1. The summed E-state index contributed by atoms with van der Waals surface area (Å²) in [5.41, 5.74) is 2.17. The minimum Gasteiger partial charge on any atom is -0.497 e. The van der Waals surface area contributed by atoms with Crippen molar-refractivity contribution in [2.24, 2.45) is 5.92 Å². The molecule has 0 radical (unpaired) electrons. The number of ether oxygens (including phenoxy) is 1. The van der Waals surface area contributed by atoms with Gasteiger partial charge >= 0.3 is 0 Å². The fraction of sp³-hybridized carbons (Fsp3) is 0.444. The molecule has 1 aliphatic heterocycles. The van der Waals surface area contributed by atoms with E-state index in [2.05, 4.69) is 10.6 Å². The van der Waals surface area contributed by atoms with Crippen LogP contribution in [0.15, 0.2) is 48.5 Å². The van der Waals surface area contributed by atoms with E-state index in [1.807, 2.05) is 32.9 Å². The fourth-order valence-electron chi connectivity index (χ4n) is 4.14. The van der Waals surface area contributed by atoms with Crippen LogP contribution in [0.4, 0.5) is 0 Å². The summed E-state index contributed by atoms with van der Waals surface area (Å²) in [4.78, 5) is 40.8. The second kappa shape index (κ2) is 11.7. The van der Waals surface area contributed by atoms with Gasteiger partial charge in [0.25, 0.3) is 11.8 Å². The molecule has 0 bridgehead atoms. The van der Waals surface area contributed by atoms with Gasteiger partial charge in [0.15, 0.2) is 0 Å². The molecule has 7 heteroatoms. The molecule has 2 aromatic carbocycles. The third-order valence-electron chi connectivity index (χ3n) is 6.50. The number of piperidine rings is 1. The lowest BCUT2D eigenvalue weighted by Crippen LogP contribution is -2.55. The lowest BCUT2D eigenvalue weighted by molar-refractivity contribution is -0.125. The predicted octanol–water partition coefficient (Wildman–Crippen LogP) is 3.57. The van der Waals surface area contributed by atoms with Crippen molar-refractivity contribution in [2.75, 3.05) is 20.2 Å². The van der Waals surface area contributed by atoms with Gasteiger partial charge in [-0.25, -0.2) is 0 Å². The van der Waals surface area contributed by atoms with Gasteiger partial charge in [-0.3, -0.25) is 14.4 Å². The highest BCUT2D eigenvalue weighted by molar-refractivity contribution is 5.98. The number of amides is 3. The number of rotatable bonds is 8. The van der Waals surface area contributed by atoms with Gasteiger partial charge in [0.1, 0.15) is 11.8 Å². The number of methoxy groups -OCH3 is 1. The van der Waals surface area contributed by atoms with Crippen molar-refractivity contribution in [3.05, 3.63) is 65.2 Å². The normalized spacial score (nSPS) is 15.8. The Morgan fingerprint density at radius 1 is 1.03 bits per heavy atom. The van der Waals surface area contributed by atoms with Gasteiger partial charge in [-0.15, -0.1) is 0 Å². The van der Waals surface area contributed by atoms with Gasteiger partial charge in [-0.1, -0.05) is 30.7 Å². The zero-order chi connectivity index (χ0) is 24.7. The molecule has 0 aromatic heterocycles. The summed E-state index contributed by atoms with van der Waals surface area (Å²) < 4.78 is 5.23. The van der Waals surface area contributed by atoms with Gasteiger partial charge in [0, 0.05) is 30.3 Å². The third kappa shape index (κ3) is 6.37. The molecule has 1 heterocycles. The third-order valence-corrected chi connectivity index (χ3v) is 6.50. The van der Waals surface area contributed by atoms with E-state index in [1.165, 1.54) is 0 Å². The van der Waals surface area contributed by atoms with Crippen molar-refractivity contribution in [2.45, 2.75) is 52.1 Å². The Morgan fingerprint density at radius 3 is 2.32 bits per heavy atom. The molecule has 0 saturated carbocycles. The zero-order valence-electron chi connectivity index (χ0n) is 20.5. The number of carbonyl (C=O) groups excluding carboxylic acids is 3. The SMILES string of the molecule is CC[C@H](C)NC(=O)[C@@H](NC(=O)c1ccc(C)cc1)C1CCN(C(=O)c2cccc(OC)c2)CC1. The van der Waals surface area contributed by atoms with E-state index in [0.29, 0.717) is 42.8 Å². The first-order valence-corrected chi connectivity index (χ1v) is 11.9. The first kappa shape index (κ1) is 25.3. The Morgan fingerprint density at radius 2 is 1.71 bits per heavy atom. The molecule has 34 heavy (non-hydrogen) atoms. The Bertz CT molecular complexity index is 997. The van der Waals surface area contributed by atoms with Crippen LogP contribution in [-0.2, 0) is 4.79 Å². The highest BCUT2D eigenvalue weighted by atomic mass is 16.5. The molecule has 0 spiro atoms. The van der Waals surface area contributed by atoms with Crippen molar-refractivity contribution < 1.29 is 19.1 Å². The van der Waals surface area contributed by atoms with E-state index in [1.54, 1.807) is 48.4 Å². The Hall–Kier alpha value is -3.35. The van der Waals surface area contributed by atoms with E-state index in [0.717, 1.165) is 12.0 Å². The molecule has 7 nitrogen and oxygen atoms in total. The summed E-state index contributed by atoms with van der Waals surface area (Å²) in [6.45, 7) is 6.97. The standard InChI is InChI=1S/C27H35N3O4/c1-5-19(3)28-26(32)24(29-25(31)21-11-9-18(2)10-12-21)20-13-15-30(16-14-20)27(33)22-7-6-8-23(17-22)34-4/h6-12,17,19-20,24H,5,13-16H2,1-4H3,(H,28,32)(H,29,31)/t19-,24-/m0/s1. The summed E-state index contributed by atoms with van der Waals surface area (Å²) in [7, 11) is 1.57. The first-order valence-electron chi connectivity index (χ1n) is 11.9. The maximum atomic E-state index is 13.1. The lowest BCUT2D eigenvalue weighted by atomic mass is 9.88. The number of nitrogens with one attached hydrogen (secondary N) is 2. The molecule has 2 N–H and O–H groups in total. The number of nitrogens with zero attached hydrogens (tertiary/aromatic N) is 1. The molecule has 3 amide bonds. The highest BCUT2D eigenvalue weighted by Crippen LogP contribution is 2.24. The van der Waals surface area contributed by atoms with Crippen LogP contribution < -0.4 is 15.4 Å². The van der Waals surface area contributed by atoms with Crippen LogP contribution >= 0.6 is 0 Å². The van der Waals surface area contributed by atoms with Crippen molar-refractivity contribution in [1.82, 2.24) is 15.5 Å². The Balaban J connectivity index is 1.70. The number of hydrogen-bond acceptors (Lipinski definition) is 4. The number of benzene rings is 2. The van der Waals surface area contributed by atoms with Gasteiger partial charge in [0.2, 0.25) is 5.91 Å². The molecule has 0 aliphatic carbocycles. The topological polar surface area (TPSA) is 87.7 Å². The molecule has 3 rings (SSSR count). The average molecular weight is 466 g/mol. The van der Waals surface area contributed by atoms with E-state index in [9.17, 15) is 14.4 Å². The van der Waals surface area contributed by atoms with Gasteiger partial charge < -0.3 is 20.3 Å². The quantitative estimate of drug-likeness (QED) is 0.624. The summed E-state index contributed by atoms with van der Waals surface area (Å²) in [6.07, 6.45) is 2.06. The predicted molar refractivity (Wildman–Crippen MR) is 132 cm³/mol. The molecule has 1 fully saturated rings. The van der Waals surface area contributed by atoms with E-state index in [-0.39, 0.29) is 29.7 Å². The van der Waals surface area contributed by atoms with Crippen molar-refractivity contribution in [1.29, 1.82) is 0 Å². The summed E-state index contributed by atoms with van der Waals surface area (Å²) >= 11 is 0. The molecule has 2 atom stereocenters. The minimum atomic E-state index is -0.656. The van der Waals surface area contributed by atoms with Crippen molar-refractivity contribution in [3.8, 4) is 5.75 Å². The van der Waals surface area contributed by atoms with Gasteiger partial charge in [-0.05, 0) is 69.4 Å². The lowest BCUT2D eigenvalue weighted by Gasteiger charge is -2.36. The van der Waals surface area contributed by atoms with Crippen LogP contribution in [0.5, 0.6) is 5.75 Å². The summed E-state index contributed by atoms with van der Waals surface area (Å²) in [6, 6.07) is 13.8. The summed E-state index contributed by atoms with van der Waals surface area (Å²) in [5.74, 6) is 0.0855. The zero-order valence-corrected chi connectivity index (χ0v) is 20.5. The number of carbonyl (C=O) groups is 3. The molecule has 0 unspecified atom stereocenters. The van der Waals surface area contributed by atoms with Gasteiger partial charge in [0.05, 0.1) is 7.11 Å². The van der Waals surface area contributed by atoms with E-state index >= 15 is 0 Å². The van der Waals surface area contributed by atoms with Crippen LogP contribution in [0.3, 0.4) is 0 Å². The smallest absolute Gasteiger partial charge is 0.253 e. The largest absolute Gasteiger partial charge is 0.497 e. The van der Waals surface area contributed by atoms with Crippen LogP contribution in [0, 0.1) is 12.8 Å². The van der Waals surface area contributed by atoms with Crippen LogP contribution in [0.25, 0.3) is 0 Å².